The molecule has 0 saturated carbocycles. The molecule has 0 aromatic heterocycles. The summed E-state index contributed by atoms with van der Waals surface area (Å²) in [6.45, 7) is 8.69. The molecule has 0 fully saturated rings. The number of amides is 2. The van der Waals surface area contributed by atoms with Gasteiger partial charge in [-0.05, 0) is 23.1 Å². The Morgan fingerprint density at radius 1 is 1.10 bits per heavy atom. The predicted octanol–water partition coefficient (Wildman–Crippen LogP) is 2.33. The Labute approximate surface area is 127 Å². The van der Waals surface area contributed by atoms with E-state index in [9.17, 15) is 13.2 Å². The van der Waals surface area contributed by atoms with E-state index < -0.39 is 9.84 Å². The van der Waals surface area contributed by atoms with Gasteiger partial charge in [0.2, 0.25) is 0 Å². The number of benzene rings is 1. The molecule has 0 spiro atoms. The van der Waals surface area contributed by atoms with Gasteiger partial charge in [-0.15, -0.1) is 0 Å². The maximum absolute atomic E-state index is 11.7. The van der Waals surface area contributed by atoms with Crippen LogP contribution in [0.2, 0.25) is 0 Å². The van der Waals surface area contributed by atoms with Gasteiger partial charge in [0, 0.05) is 13.1 Å². The third-order valence-electron chi connectivity index (χ3n) is 2.89. The SMILES string of the molecule is CCS(=O)(=O)c1ccc(CNC(=O)NCC(C)(C)C)cc1. The lowest BCUT2D eigenvalue weighted by Gasteiger charge is -2.18. The van der Waals surface area contributed by atoms with Gasteiger partial charge in [-0.3, -0.25) is 0 Å². The van der Waals surface area contributed by atoms with E-state index in [1.807, 2.05) is 20.8 Å². The zero-order valence-corrected chi connectivity index (χ0v) is 13.9. The minimum Gasteiger partial charge on any atom is -0.338 e. The zero-order valence-electron chi connectivity index (χ0n) is 13.1. The fourth-order valence-electron chi connectivity index (χ4n) is 1.57. The molecule has 1 aromatic carbocycles. The number of hydrogen-bond donors (Lipinski definition) is 2. The summed E-state index contributed by atoms with van der Waals surface area (Å²) >= 11 is 0. The van der Waals surface area contributed by atoms with E-state index >= 15 is 0 Å². The first-order chi connectivity index (χ1) is 9.64. The number of urea groups is 1. The van der Waals surface area contributed by atoms with Crippen molar-refractivity contribution in [1.29, 1.82) is 0 Å². The molecule has 1 aromatic rings. The lowest BCUT2D eigenvalue weighted by molar-refractivity contribution is 0.235. The summed E-state index contributed by atoms with van der Waals surface area (Å²) in [5.74, 6) is 0.0831. The Hall–Kier alpha value is -1.56. The molecule has 0 aliphatic rings. The average Bonchev–Trinajstić information content (AvgIpc) is 2.42. The molecule has 2 N–H and O–H groups in total. The van der Waals surface area contributed by atoms with E-state index in [0.717, 1.165) is 5.56 Å². The van der Waals surface area contributed by atoms with Gasteiger partial charge in [0.05, 0.1) is 10.6 Å². The number of sulfone groups is 1. The molecule has 1 rings (SSSR count). The van der Waals surface area contributed by atoms with Crippen LogP contribution in [0, 0.1) is 5.41 Å². The van der Waals surface area contributed by atoms with Crippen molar-refractivity contribution in [3.63, 3.8) is 0 Å². The van der Waals surface area contributed by atoms with E-state index in [1.165, 1.54) is 0 Å². The van der Waals surface area contributed by atoms with E-state index in [2.05, 4.69) is 10.6 Å². The summed E-state index contributed by atoms with van der Waals surface area (Å²) in [5, 5.41) is 5.54. The van der Waals surface area contributed by atoms with Gasteiger partial charge < -0.3 is 10.6 Å². The Morgan fingerprint density at radius 2 is 1.67 bits per heavy atom. The molecule has 0 aliphatic heterocycles. The highest BCUT2D eigenvalue weighted by Gasteiger charge is 2.12. The summed E-state index contributed by atoms with van der Waals surface area (Å²) in [6, 6.07) is 6.35. The van der Waals surface area contributed by atoms with Gasteiger partial charge >= 0.3 is 6.03 Å². The molecule has 0 unspecified atom stereocenters. The van der Waals surface area contributed by atoms with Gasteiger partial charge in [-0.2, -0.15) is 0 Å². The van der Waals surface area contributed by atoms with Crippen molar-refractivity contribution in [2.45, 2.75) is 39.1 Å². The van der Waals surface area contributed by atoms with Crippen LogP contribution in [0.5, 0.6) is 0 Å². The minimum absolute atomic E-state index is 0.0352. The predicted molar refractivity (Wildman–Crippen MR) is 83.9 cm³/mol. The first kappa shape index (κ1) is 17.5. The van der Waals surface area contributed by atoms with Crippen LogP contribution in [0.4, 0.5) is 4.79 Å². The van der Waals surface area contributed by atoms with Crippen LogP contribution < -0.4 is 10.6 Å². The molecule has 0 aliphatic carbocycles. The minimum atomic E-state index is -3.17. The average molecular weight is 312 g/mol. The first-order valence-electron chi connectivity index (χ1n) is 6.97. The maximum Gasteiger partial charge on any atom is 0.315 e. The van der Waals surface area contributed by atoms with Crippen LogP contribution in [-0.2, 0) is 16.4 Å². The lowest BCUT2D eigenvalue weighted by atomic mass is 9.97. The number of carbonyl (C=O) groups is 1. The van der Waals surface area contributed by atoms with E-state index in [-0.39, 0.29) is 17.2 Å². The molecular formula is C15H24N2O3S. The van der Waals surface area contributed by atoms with Crippen LogP contribution in [0.3, 0.4) is 0 Å². The van der Waals surface area contributed by atoms with Crippen LogP contribution in [-0.4, -0.2) is 26.7 Å². The lowest BCUT2D eigenvalue weighted by Crippen LogP contribution is -2.39. The molecule has 118 valence electrons. The molecule has 0 bridgehead atoms. The number of hydrogen-bond acceptors (Lipinski definition) is 3. The van der Waals surface area contributed by atoms with Gasteiger partial charge in [0.15, 0.2) is 9.84 Å². The number of rotatable bonds is 5. The molecule has 0 radical (unpaired) electrons. The smallest absolute Gasteiger partial charge is 0.315 e. The highest BCUT2D eigenvalue weighted by atomic mass is 32.2. The Balaban J connectivity index is 2.52. The second-order valence-electron chi connectivity index (χ2n) is 6.14. The molecule has 2 amide bonds. The van der Waals surface area contributed by atoms with E-state index in [1.54, 1.807) is 31.2 Å². The van der Waals surface area contributed by atoms with Crippen molar-refractivity contribution < 1.29 is 13.2 Å². The monoisotopic (exact) mass is 312 g/mol. The first-order valence-corrected chi connectivity index (χ1v) is 8.63. The van der Waals surface area contributed by atoms with Crippen LogP contribution in [0.15, 0.2) is 29.2 Å². The summed E-state index contributed by atoms with van der Waals surface area (Å²) in [4.78, 5) is 11.9. The van der Waals surface area contributed by atoms with Gasteiger partial charge in [-0.1, -0.05) is 39.8 Å². The largest absolute Gasteiger partial charge is 0.338 e. The van der Waals surface area contributed by atoms with E-state index in [4.69, 9.17) is 0 Å². The highest BCUT2D eigenvalue weighted by Crippen LogP contribution is 2.12. The van der Waals surface area contributed by atoms with Crippen molar-refractivity contribution in [3.05, 3.63) is 29.8 Å². The number of carbonyl (C=O) groups excluding carboxylic acids is 1. The van der Waals surface area contributed by atoms with Crippen molar-refractivity contribution >= 4 is 15.9 Å². The fourth-order valence-corrected chi connectivity index (χ4v) is 2.46. The highest BCUT2D eigenvalue weighted by molar-refractivity contribution is 7.91. The molecule has 0 saturated heterocycles. The van der Waals surface area contributed by atoms with Crippen molar-refractivity contribution in [2.75, 3.05) is 12.3 Å². The van der Waals surface area contributed by atoms with Crippen molar-refractivity contribution in [3.8, 4) is 0 Å². The molecule has 21 heavy (non-hydrogen) atoms. The molecule has 6 heteroatoms. The quantitative estimate of drug-likeness (QED) is 0.876. The molecular weight excluding hydrogens is 288 g/mol. The molecule has 0 heterocycles. The third-order valence-corrected chi connectivity index (χ3v) is 4.65. The Bertz CT molecular complexity index is 572. The van der Waals surface area contributed by atoms with Gasteiger partial charge in [-0.25, -0.2) is 13.2 Å². The van der Waals surface area contributed by atoms with Crippen molar-refractivity contribution in [1.82, 2.24) is 10.6 Å². The Morgan fingerprint density at radius 3 is 2.14 bits per heavy atom. The standard InChI is InChI=1S/C15H24N2O3S/c1-5-21(19,20)13-8-6-12(7-9-13)10-16-14(18)17-11-15(2,3)4/h6-9H,5,10-11H2,1-4H3,(H2,16,17,18). The van der Waals surface area contributed by atoms with Crippen LogP contribution >= 0.6 is 0 Å². The number of nitrogens with one attached hydrogen (secondary N) is 2. The Kier molecular flexibility index (Phi) is 5.78. The summed E-state index contributed by atoms with van der Waals surface area (Å²) in [6.07, 6.45) is 0. The van der Waals surface area contributed by atoms with Gasteiger partial charge in [0.25, 0.3) is 0 Å². The normalized spacial score (nSPS) is 12.0. The topological polar surface area (TPSA) is 75.3 Å². The van der Waals surface area contributed by atoms with E-state index in [0.29, 0.717) is 18.0 Å². The summed E-state index contributed by atoms with van der Waals surface area (Å²) in [5.41, 5.74) is 0.893. The summed E-state index contributed by atoms with van der Waals surface area (Å²) in [7, 11) is -3.17. The molecule has 0 atom stereocenters. The summed E-state index contributed by atoms with van der Waals surface area (Å²) < 4.78 is 23.4. The second kappa shape index (κ2) is 6.93. The maximum atomic E-state index is 11.7. The fraction of sp³-hybridized carbons (Fsp3) is 0.533. The molecule has 5 nitrogen and oxygen atoms in total. The third kappa shape index (κ3) is 6.16. The van der Waals surface area contributed by atoms with Gasteiger partial charge in [0.1, 0.15) is 0 Å². The van der Waals surface area contributed by atoms with Crippen LogP contribution in [0.1, 0.15) is 33.3 Å². The second-order valence-corrected chi connectivity index (χ2v) is 8.42. The van der Waals surface area contributed by atoms with Crippen molar-refractivity contribution in [2.24, 2.45) is 5.41 Å². The zero-order chi connectivity index (χ0) is 16.1. The van der Waals surface area contributed by atoms with Crippen LogP contribution in [0.25, 0.3) is 0 Å².